The summed E-state index contributed by atoms with van der Waals surface area (Å²) in [4.78, 5) is 33.8. The van der Waals surface area contributed by atoms with Crippen molar-refractivity contribution in [3.05, 3.63) is 107 Å². The topological polar surface area (TPSA) is 130 Å². The molecule has 0 aliphatic heterocycles. The second kappa shape index (κ2) is 10.6. The Morgan fingerprint density at radius 2 is 1.79 bits per heavy atom. The molecule has 0 spiro atoms. The minimum absolute atomic E-state index is 0.00474. The van der Waals surface area contributed by atoms with Gasteiger partial charge < -0.3 is 10.6 Å². The molecule has 3 aromatic heterocycles. The SMILES string of the molecule is O=C(NCc1ncn[nH]1)c1cc(NC(=O)c2cc(-c3ncccc3F)c(F)cc2Cl)n(-c2ccccc2)n1. The first kappa shape index (κ1) is 24.7. The van der Waals surface area contributed by atoms with Crippen LogP contribution in [0.3, 0.4) is 0 Å². The van der Waals surface area contributed by atoms with Crippen LogP contribution in [0.5, 0.6) is 0 Å². The fourth-order valence-electron chi connectivity index (χ4n) is 3.59. The zero-order chi connectivity index (χ0) is 26.6. The summed E-state index contributed by atoms with van der Waals surface area (Å²) in [5, 5.41) is 15.8. The van der Waals surface area contributed by atoms with Gasteiger partial charge in [0.05, 0.1) is 22.8 Å². The summed E-state index contributed by atoms with van der Waals surface area (Å²) in [5.74, 6) is -2.29. The second-order valence-electron chi connectivity index (χ2n) is 7.88. The third-order valence-corrected chi connectivity index (χ3v) is 5.69. The summed E-state index contributed by atoms with van der Waals surface area (Å²) in [7, 11) is 0. The van der Waals surface area contributed by atoms with Gasteiger partial charge in [0.1, 0.15) is 35.3 Å². The zero-order valence-electron chi connectivity index (χ0n) is 19.3. The van der Waals surface area contributed by atoms with Crippen molar-refractivity contribution in [3.63, 3.8) is 0 Å². The fraction of sp³-hybridized carbons (Fsp3) is 0.0400. The quantitative estimate of drug-likeness (QED) is 0.287. The van der Waals surface area contributed by atoms with Crippen LogP contribution in [0.2, 0.25) is 5.02 Å². The molecular weight excluding hydrogens is 518 g/mol. The maximum atomic E-state index is 14.6. The van der Waals surface area contributed by atoms with Crippen molar-refractivity contribution in [2.45, 2.75) is 6.54 Å². The third-order valence-electron chi connectivity index (χ3n) is 5.38. The average molecular weight is 535 g/mol. The van der Waals surface area contributed by atoms with Crippen LogP contribution >= 0.6 is 11.6 Å². The van der Waals surface area contributed by atoms with Gasteiger partial charge in [-0.05, 0) is 36.4 Å². The Bertz CT molecular complexity index is 1620. The molecule has 3 heterocycles. The number of pyridine rings is 1. The molecule has 0 saturated carbocycles. The zero-order valence-corrected chi connectivity index (χ0v) is 20.1. The lowest BCUT2D eigenvalue weighted by Crippen LogP contribution is -2.24. The Balaban J connectivity index is 1.47. The Kier molecular flexibility index (Phi) is 6.87. The molecule has 0 radical (unpaired) electrons. The number of halogens is 3. The lowest BCUT2D eigenvalue weighted by atomic mass is 10.1. The first-order valence-corrected chi connectivity index (χ1v) is 11.5. The summed E-state index contributed by atoms with van der Waals surface area (Å²) in [5.41, 5.74) is -0.0774. The van der Waals surface area contributed by atoms with Crippen LogP contribution in [0.25, 0.3) is 16.9 Å². The van der Waals surface area contributed by atoms with Crippen molar-refractivity contribution in [2.24, 2.45) is 0 Å². The molecule has 38 heavy (non-hydrogen) atoms. The minimum atomic E-state index is -0.843. The van der Waals surface area contributed by atoms with Gasteiger partial charge >= 0.3 is 0 Å². The van der Waals surface area contributed by atoms with Crippen molar-refractivity contribution < 1.29 is 18.4 Å². The molecule has 5 rings (SSSR count). The van der Waals surface area contributed by atoms with Gasteiger partial charge in [-0.15, -0.1) is 0 Å². The third kappa shape index (κ3) is 5.11. The van der Waals surface area contributed by atoms with Crippen molar-refractivity contribution in [3.8, 4) is 16.9 Å². The van der Waals surface area contributed by atoms with E-state index in [1.807, 2.05) is 0 Å². The number of hydrogen-bond acceptors (Lipinski definition) is 6. The number of anilines is 1. The second-order valence-corrected chi connectivity index (χ2v) is 8.28. The van der Waals surface area contributed by atoms with E-state index >= 15 is 0 Å². The van der Waals surface area contributed by atoms with Crippen LogP contribution in [0.4, 0.5) is 14.6 Å². The van der Waals surface area contributed by atoms with E-state index in [-0.39, 0.29) is 39.9 Å². The summed E-state index contributed by atoms with van der Waals surface area (Å²) in [6.07, 6.45) is 2.62. The number of carbonyl (C=O) groups is 2. The van der Waals surface area contributed by atoms with Gasteiger partial charge in [-0.3, -0.25) is 19.7 Å². The number of nitrogens with zero attached hydrogens (tertiary/aromatic N) is 5. The molecule has 190 valence electrons. The number of hydrogen-bond donors (Lipinski definition) is 3. The Morgan fingerprint density at radius 3 is 2.53 bits per heavy atom. The summed E-state index contributed by atoms with van der Waals surface area (Å²) in [6, 6.07) is 14.7. The van der Waals surface area contributed by atoms with Crippen LogP contribution < -0.4 is 10.6 Å². The summed E-state index contributed by atoms with van der Waals surface area (Å²) in [6.45, 7) is 0.0801. The normalized spacial score (nSPS) is 10.8. The van der Waals surface area contributed by atoms with Gasteiger partial charge in [0.25, 0.3) is 11.8 Å². The first-order valence-electron chi connectivity index (χ1n) is 11.1. The predicted molar refractivity (Wildman–Crippen MR) is 134 cm³/mol. The number of rotatable bonds is 7. The van der Waals surface area contributed by atoms with E-state index in [0.29, 0.717) is 11.5 Å². The average Bonchev–Trinajstić information content (AvgIpc) is 3.59. The molecule has 10 nitrogen and oxygen atoms in total. The van der Waals surface area contributed by atoms with E-state index < -0.39 is 23.4 Å². The number of H-pyrrole nitrogens is 1. The molecule has 0 unspecified atom stereocenters. The molecule has 13 heteroatoms. The number of para-hydroxylation sites is 1. The van der Waals surface area contributed by atoms with Gasteiger partial charge in [0, 0.05) is 17.8 Å². The molecule has 0 saturated heterocycles. The molecule has 0 fully saturated rings. The standard InChI is InChI=1S/C25H17ClF2N8O2/c26-17-10-19(28)16(23-18(27)7-4-8-29-23)9-15(17)24(37)33-22-11-20(25(38)30-12-21-31-13-32-34-21)35-36(22)14-5-2-1-3-6-14/h1-11,13H,12H2,(H,30,38)(H,33,37)(H,31,32,34). The molecule has 3 N–H and O–H groups in total. The van der Waals surface area contributed by atoms with Crippen molar-refractivity contribution in [1.29, 1.82) is 0 Å². The van der Waals surface area contributed by atoms with Crippen molar-refractivity contribution in [2.75, 3.05) is 5.32 Å². The highest BCUT2D eigenvalue weighted by Gasteiger charge is 2.22. The minimum Gasteiger partial charge on any atom is -0.343 e. The molecule has 0 bridgehead atoms. The van der Waals surface area contributed by atoms with E-state index in [2.05, 4.69) is 35.9 Å². The monoisotopic (exact) mass is 534 g/mol. The van der Waals surface area contributed by atoms with Crippen LogP contribution in [0.1, 0.15) is 26.7 Å². The van der Waals surface area contributed by atoms with Crippen LogP contribution in [0, 0.1) is 11.6 Å². The van der Waals surface area contributed by atoms with Gasteiger partial charge in [0.2, 0.25) is 0 Å². The molecular formula is C25H17ClF2N8O2. The largest absolute Gasteiger partial charge is 0.343 e. The van der Waals surface area contributed by atoms with E-state index in [1.54, 1.807) is 30.3 Å². The molecule has 5 aromatic rings. The van der Waals surface area contributed by atoms with E-state index in [0.717, 1.165) is 18.2 Å². The van der Waals surface area contributed by atoms with Crippen molar-refractivity contribution in [1.82, 2.24) is 35.3 Å². The van der Waals surface area contributed by atoms with Gasteiger partial charge in [0.15, 0.2) is 5.69 Å². The van der Waals surface area contributed by atoms with Gasteiger partial charge in [-0.25, -0.2) is 18.4 Å². The molecule has 2 aromatic carbocycles. The number of aromatic nitrogens is 6. The highest BCUT2D eigenvalue weighted by Crippen LogP contribution is 2.30. The highest BCUT2D eigenvalue weighted by molar-refractivity contribution is 6.34. The van der Waals surface area contributed by atoms with Gasteiger partial charge in [-0.2, -0.15) is 10.2 Å². The van der Waals surface area contributed by atoms with Crippen LogP contribution in [-0.4, -0.2) is 41.8 Å². The lowest BCUT2D eigenvalue weighted by Gasteiger charge is -2.11. The lowest BCUT2D eigenvalue weighted by molar-refractivity contribution is 0.0943. The molecule has 0 atom stereocenters. The first-order chi connectivity index (χ1) is 18.4. The number of amides is 2. The fourth-order valence-corrected chi connectivity index (χ4v) is 3.83. The maximum absolute atomic E-state index is 14.6. The van der Waals surface area contributed by atoms with E-state index in [1.165, 1.54) is 29.3 Å². The molecule has 2 amide bonds. The Hall–Kier alpha value is -4.97. The molecule has 0 aliphatic carbocycles. The summed E-state index contributed by atoms with van der Waals surface area (Å²) >= 11 is 6.18. The van der Waals surface area contributed by atoms with Gasteiger partial charge in [-0.1, -0.05) is 29.8 Å². The van der Waals surface area contributed by atoms with Crippen LogP contribution in [0.15, 0.2) is 73.2 Å². The Labute approximate surface area is 218 Å². The number of nitrogens with one attached hydrogen (secondary N) is 3. The Morgan fingerprint density at radius 1 is 0.974 bits per heavy atom. The van der Waals surface area contributed by atoms with Crippen LogP contribution in [-0.2, 0) is 6.54 Å². The maximum Gasteiger partial charge on any atom is 0.272 e. The smallest absolute Gasteiger partial charge is 0.272 e. The molecule has 0 aliphatic rings. The number of aromatic amines is 1. The number of benzene rings is 2. The number of carbonyl (C=O) groups excluding carboxylic acids is 2. The highest BCUT2D eigenvalue weighted by atomic mass is 35.5. The van der Waals surface area contributed by atoms with E-state index in [4.69, 9.17) is 11.6 Å². The van der Waals surface area contributed by atoms with Crippen molar-refractivity contribution >= 4 is 29.2 Å². The predicted octanol–water partition coefficient (Wildman–Crippen LogP) is 4.17. The summed E-state index contributed by atoms with van der Waals surface area (Å²) < 4.78 is 30.3. The van der Waals surface area contributed by atoms with E-state index in [9.17, 15) is 18.4 Å².